The summed E-state index contributed by atoms with van der Waals surface area (Å²) in [4.78, 5) is 17.7. The highest BCUT2D eigenvalue weighted by Gasteiger charge is 2.15. The number of carbonyl (C=O) groups is 1. The topological polar surface area (TPSA) is 45.2 Å². The van der Waals surface area contributed by atoms with Crippen LogP contribution in [0.5, 0.6) is 0 Å². The molecule has 19 heavy (non-hydrogen) atoms. The van der Waals surface area contributed by atoms with Gasteiger partial charge in [0.2, 0.25) is 5.91 Å². The van der Waals surface area contributed by atoms with E-state index < -0.39 is 0 Å². The van der Waals surface area contributed by atoms with Gasteiger partial charge in [-0.2, -0.15) is 0 Å². The zero-order valence-corrected chi connectivity index (χ0v) is 12.3. The summed E-state index contributed by atoms with van der Waals surface area (Å²) >= 11 is 1.73. The van der Waals surface area contributed by atoms with Gasteiger partial charge in [0.15, 0.2) is 0 Å². The Morgan fingerprint density at radius 2 is 2.21 bits per heavy atom. The van der Waals surface area contributed by atoms with E-state index in [1.165, 1.54) is 11.6 Å². The quantitative estimate of drug-likeness (QED) is 0.913. The second kappa shape index (κ2) is 6.12. The van der Waals surface area contributed by atoms with Gasteiger partial charge in [0.1, 0.15) is 5.01 Å². The lowest BCUT2D eigenvalue weighted by Gasteiger charge is -2.22. The maximum atomic E-state index is 10.8. The average Bonchev–Trinajstić information content (AvgIpc) is 2.80. The average molecular weight is 277 g/mol. The molecule has 0 saturated heterocycles. The summed E-state index contributed by atoms with van der Waals surface area (Å²) in [6, 6.07) is 8.44. The lowest BCUT2D eigenvalue weighted by Crippen LogP contribution is -2.33. The smallest absolute Gasteiger partial charge is 0.216 e. The fourth-order valence-electron chi connectivity index (χ4n) is 1.86. The molecular formula is C14H19N3OS. The van der Waals surface area contributed by atoms with Crippen molar-refractivity contribution in [3.05, 3.63) is 29.3 Å². The summed E-state index contributed by atoms with van der Waals surface area (Å²) in [5, 5.41) is 3.93. The molecule has 0 radical (unpaired) electrons. The summed E-state index contributed by atoms with van der Waals surface area (Å²) in [5.74, 6) is 0.0149. The minimum absolute atomic E-state index is 0.0149. The summed E-state index contributed by atoms with van der Waals surface area (Å²) in [5.41, 5.74) is 1.06. The van der Waals surface area contributed by atoms with Crippen molar-refractivity contribution in [3.8, 4) is 0 Å². The third kappa shape index (κ3) is 3.52. The number of aromatic nitrogens is 1. The number of rotatable bonds is 5. The molecule has 1 aromatic carbocycles. The van der Waals surface area contributed by atoms with Gasteiger partial charge < -0.3 is 5.32 Å². The molecule has 4 nitrogen and oxygen atoms in total. The third-order valence-electron chi connectivity index (χ3n) is 3.17. The van der Waals surface area contributed by atoms with E-state index in [1.807, 2.05) is 18.2 Å². The van der Waals surface area contributed by atoms with Gasteiger partial charge in [-0.15, -0.1) is 11.3 Å². The molecule has 5 heteroatoms. The number of likely N-dealkylation sites (N-methyl/N-ethyl adjacent to an activating group) is 1. The van der Waals surface area contributed by atoms with Gasteiger partial charge in [-0.25, -0.2) is 4.98 Å². The molecule has 102 valence electrons. The largest absolute Gasteiger partial charge is 0.355 e. The number of fused-ring (bicyclic) bond motifs is 1. The maximum absolute atomic E-state index is 10.8. The van der Waals surface area contributed by atoms with Crippen LogP contribution in [0.3, 0.4) is 0 Å². The van der Waals surface area contributed by atoms with Gasteiger partial charge in [-0.05, 0) is 26.1 Å². The highest BCUT2D eigenvalue weighted by atomic mass is 32.1. The van der Waals surface area contributed by atoms with Crippen molar-refractivity contribution in [2.24, 2.45) is 0 Å². The first-order valence-corrected chi connectivity index (χ1v) is 7.19. The van der Waals surface area contributed by atoms with Crippen molar-refractivity contribution in [1.82, 2.24) is 15.2 Å². The number of para-hydroxylation sites is 1. The fraction of sp³-hybridized carbons (Fsp3) is 0.429. The first-order chi connectivity index (χ1) is 9.08. The predicted molar refractivity (Wildman–Crippen MR) is 79.3 cm³/mol. The van der Waals surface area contributed by atoms with Crippen LogP contribution in [0.1, 0.15) is 24.9 Å². The Morgan fingerprint density at radius 3 is 2.89 bits per heavy atom. The van der Waals surface area contributed by atoms with E-state index in [4.69, 9.17) is 0 Å². The van der Waals surface area contributed by atoms with Crippen LogP contribution in [0.15, 0.2) is 24.3 Å². The lowest BCUT2D eigenvalue weighted by molar-refractivity contribution is -0.119. The lowest BCUT2D eigenvalue weighted by atomic mass is 10.3. The van der Waals surface area contributed by atoms with Gasteiger partial charge in [0, 0.05) is 20.0 Å². The molecule has 0 bridgehead atoms. The molecule has 1 N–H and O–H groups in total. The van der Waals surface area contributed by atoms with E-state index in [9.17, 15) is 4.79 Å². The Hall–Kier alpha value is -1.46. The fourth-order valence-corrected chi connectivity index (χ4v) is 2.94. The van der Waals surface area contributed by atoms with Crippen molar-refractivity contribution in [2.45, 2.75) is 19.9 Å². The first kappa shape index (κ1) is 14.0. The zero-order chi connectivity index (χ0) is 13.8. The Labute approximate surface area is 117 Å². The summed E-state index contributed by atoms with van der Waals surface area (Å²) in [6.07, 6.45) is 0. The van der Waals surface area contributed by atoms with Crippen LogP contribution in [-0.2, 0) is 4.79 Å². The zero-order valence-electron chi connectivity index (χ0n) is 11.5. The Balaban J connectivity index is 2.01. The molecule has 2 aromatic rings. The van der Waals surface area contributed by atoms with Crippen LogP contribution in [0.4, 0.5) is 0 Å². The van der Waals surface area contributed by atoms with Gasteiger partial charge >= 0.3 is 0 Å². The number of amides is 1. The molecule has 0 spiro atoms. The molecule has 0 aliphatic rings. The second-order valence-corrected chi connectivity index (χ2v) is 5.72. The molecule has 0 saturated carbocycles. The van der Waals surface area contributed by atoms with Gasteiger partial charge in [0.05, 0.1) is 16.3 Å². The minimum Gasteiger partial charge on any atom is -0.355 e. The Kier molecular flexibility index (Phi) is 4.50. The van der Waals surface area contributed by atoms with E-state index >= 15 is 0 Å². The van der Waals surface area contributed by atoms with Gasteiger partial charge in [-0.1, -0.05) is 12.1 Å². The third-order valence-corrected chi connectivity index (χ3v) is 4.37. The Bertz CT molecular complexity index is 534. The second-order valence-electron chi connectivity index (χ2n) is 4.66. The van der Waals surface area contributed by atoms with E-state index in [2.05, 4.69) is 35.2 Å². The van der Waals surface area contributed by atoms with Crippen molar-refractivity contribution in [1.29, 1.82) is 0 Å². The number of benzene rings is 1. The van der Waals surface area contributed by atoms with Gasteiger partial charge in [0.25, 0.3) is 0 Å². The number of thiazole rings is 1. The first-order valence-electron chi connectivity index (χ1n) is 6.38. The summed E-state index contributed by atoms with van der Waals surface area (Å²) in [6.45, 7) is 5.17. The van der Waals surface area contributed by atoms with Crippen LogP contribution in [0.2, 0.25) is 0 Å². The number of nitrogens with zero attached hydrogens (tertiary/aromatic N) is 2. The Morgan fingerprint density at radius 1 is 1.47 bits per heavy atom. The molecule has 1 heterocycles. The van der Waals surface area contributed by atoms with Crippen LogP contribution >= 0.6 is 11.3 Å². The molecule has 1 amide bonds. The molecule has 1 atom stereocenters. The maximum Gasteiger partial charge on any atom is 0.216 e. The highest BCUT2D eigenvalue weighted by Crippen LogP contribution is 2.28. The number of hydrogen-bond donors (Lipinski definition) is 1. The van der Waals surface area contributed by atoms with Crippen LogP contribution in [-0.4, -0.2) is 35.9 Å². The van der Waals surface area contributed by atoms with Crippen molar-refractivity contribution in [3.63, 3.8) is 0 Å². The van der Waals surface area contributed by atoms with Crippen molar-refractivity contribution >= 4 is 27.5 Å². The molecular weight excluding hydrogens is 258 g/mol. The van der Waals surface area contributed by atoms with Gasteiger partial charge in [-0.3, -0.25) is 9.69 Å². The minimum atomic E-state index is 0.0149. The van der Waals surface area contributed by atoms with Crippen molar-refractivity contribution in [2.75, 3.05) is 20.1 Å². The number of nitrogens with one attached hydrogen (secondary N) is 1. The number of carbonyl (C=O) groups excluding carboxylic acids is 1. The van der Waals surface area contributed by atoms with E-state index in [0.29, 0.717) is 6.54 Å². The monoisotopic (exact) mass is 277 g/mol. The molecule has 2 rings (SSSR count). The van der Waals surface area contributed by atoms with E-state index in [0.717, 1.165) is 17.1 Å². The van der Waals surface area contributed by atoms with E-state index in [1.54, 1.807) is 11.3 Å². The molecule has 0 fully saturated rings. The molecule has 0 aliphatic heterocycles. The highest BCUT2D eigenvalue weighted by molar-refractivity contribution is 7.18. The standard InChI is InChI=1S/C14H19N3OS/c1-10(17(3)9-8-15-11(2)18)14-16-12-6-4-5-7-13(12)19-14/h4-7,10H,8-9H2,1-3H3,(H,15,18)/t10-/m0/s1. The summed E-state index contributed by atoms with van der Waals surface area (Å²) < 4.78 is 1.22. The molecule has 0 unspecified atom stereocenters. The molecule has 1 aromatic heterocycles. The molecule has 0 aliphatic carbocycles. The normalized spacial score (nSPS) is 12.8. The summed E-state index contributed by atoms with van der Waals surface area (Å²) in [7, 11) is 2.05. The van der Waals surface area contributed by atoms with Crippen LogP contribution in [0, 0.1) is 0 Å². The van der Waals surface area contributed by atoms with Crippen LogP contribution in [0.25, 0.3) is 10.2 Å². The number of hydrogen-bond acceptors (Lipinski definition) is 4. The van der Waals surface area contributed by atoms with E-state index in [-0.39, 0.29) is 11.9 Å². The predicted octanol–water partition coefficient (Wildman–Crippen LogP) is 2.43. The van der Waals surface area contributed by atoms with Crippen molar-refractivity contribution < 1.29 is 4.79 Å². The van der Waals surface area contributed by atoms with Crippen LogP contribution < -0.4 is 5.32 Å². The SMILES string of the molecule is CC(=O)NCCN(C)[C@@H](C)c1nc2ccccc2s1.